The summed E-state index contributed by atoms with van der Waals surface area (Å²) >= 11 is 0.144. The molecule has 1 nitrogen and oxygen atoms in total. The Hall–Kier alpha value is -7.74. The van der Waals surface area contributed by atoms with Gasteiger partial charge in [0.15, 0.2) is 0 Å². The van der Waals surface area contributed by atoms with Crippen molar-refractivity contribution >= 4 is 110 Å². The Morgan fingerprint density at radius 2 is 0.766 bits per heavy atom. The normalized spacial score (nSPS) is 12.1. The zero-order valence-corrected chi connectivity index (χ0v) is 36.3. The van der Waals surface area contributed by atoms with Gasteiger partial charge in [-0.3, -0.25) is 0 Å². The molecule has 0 saturated carbocycles. The second-order valence-corrected chi connectivity index (χ2v) is 19.3. The summed E-state index contributed by atoms with van der Waals surface area (Å²) < 4.78 is 9.33. The molecule has 2 aromatic heterocycles. The SMILES string of the molecule is c1ccc(-c2c3ccccc3c(-c3cccc4[se]c5cc(-c6c7ccccc7c(-c7ccc8oc9ccc%10ccccc%10c9c8c7)c7ccccc67)ccc5c34)c3ccccc23)cc1. The van der Waals surface area contributed by atoms with E-state index in [1.54, 1.807) is 0 Å². The van der Waals surface area contributed by atoms with Gasteiger partial charge in [-0.05, 0) is 11.5 Å². The predicted molar refractivity (Wildman–Crippen MR) is 275 cm³/mol. The van der Waals surface area contributed by atoms with Crippen LogP contribution < -0.4 is 0 Å². The topological polar surface area (TPSA) is 13.1 Å². The summed E-state index contributed by atoms with van der Waals surface area (Å²) in [5, 5.41) is 17.7. The van der Waals surface area contributed by atoms with Crippen LogP contribution in [0.4, 0.5) is 0 Å². The molecule has 0 saturated heterocycles. The van der Waals surface area contributed by atoms with E-state index in [9.17, 15) is 0 Å². The Balaban J connectivity index is 0.988. The van der Waals surface area contributed by atoms with Gasteiger partial charge in [0.2, 0.25) is 0 Å². The second-order valence-electron chi connectivity index (χ2n) is 17.0. The van der Waals surface area contributed by atoms with Crippen LogP contribution in [0.2, 0.25) is 0 Å². The van der Waals surface area contributed by atoms with Crippen molar-refractivity contribution in [2.75, 3.05) is 0 Å². The summed E-state index contributed by atoms with van der Waals surface area (Å²) in [6.07, 6.45) is 0. The number of fused-ring (bicyclic) bond motifs is 12. The Kier molecular flexibility index (Phi) is 7.77. The average Bonchev–Trinajstić information content (AvgIpc) is 3.93. The fourth-order valence-corrected chi connectivity index (χ4v) is 13.4. The predicted octanol–water partition coefficient (Wildman–Crippen LogP) is 17.4. The molecule has 2 heterocycles. The zero-order chi connectivity index (χ0) is 41.9. The minimum absolute atomic E-state index is 0.144. The molecule has 0 atom stereocenters. The van der Waals surface area contributed by atoms with Gasteiger partial charge >= 0.3 is 335 Å². The molecule has 0 amide bonds. The van der Waals surface area contributed by atoms with Crippen LogP contribution in [-0.4, -0.2) is 14.5 Å². The first-order valence-electron chi connectivity index (χ1n) is 22.0. The summed E-state index contributed by atoms with van der Waals surface area (Å²) in [4.78, 5) is 0. The van der Waals surface area contributed by atoms with Gasteiger partial charge in [0.1, 0.15) is 0 Å². The number of benzene rings is 12. The molecule has 0 unspecified atom stereocenters. The van der Waals surface area contributed by atoms with Crippen molar-refractivity contribution in [2.24, 2.45) is 0 Å². The van der Waals surface area contributed by atoms with E-state index in [2.05, 4.69) is 218 Å². The first-order chi connectivity index (χ1) is 31.8. The van der Waals surface area contributed by atoms with Gasteiger partial charge in [0.25, 0.3) is 0 Å². The van der Waals surface area contributed by atoms with Gasteiger partial charge in [-0.15, -0.1) is 0 Å². The van der Waals surface area contributed by atoms with Gasteiger partial charge in [-0.25, -0.2) is 0 Å². The summed E-state index contributed by atoms with van der Waals surface area (Å²) in [7, 11) is 0. The number of hydrogen-bond donors (Lipinski definition) is 0. The summed E-state index contributed by atoms with van der Waals surface area (Å²) in [5.74, 6) is 0. The second kappa shape index (κ2) is 13.9. The van der Waals surface area contributed by atoms with Crippen molar-refractivity contribution in [1.82, 2.24) is 0 Å². The van der Waals surface area contributed by atoms with Crippen molar-refractivity contribution in [2.45, 2.75) is 0 Å². The molecule has 0 fully saturated rings. The molecule has 0 bridgehead atoms. The van der Waals surface area contributed by atoms with Crippen molar-refractivity contribution in [3.05, 3.63) is 218 Å². The maximum atomic E-state index is 6.46. The summed E-state index contributed by atoms with van der Waals surface area (Å²) in [6, 6.07) is 80.9. The van der Waals surface area contributed by atoms with Crippen LogP contribution in [-0.2, 0) is 0 Å². The minimum atomic E-state index is 0.144. The van der Waals surface area contributed by atoms with E-state index in [1.165, 1.54) is 123 Å². The molecule has 14 aromatic rings. The van der Waals surface area contributed by atoms with E-state index >= 15 is 0 Å². The summed E-state index contributed by atoms with van der Waals surface area (Å²) in [5.41, 5.74) is 12.0. The molecule has 14 rings (SSSR count). The van der Waals surface area contributed by atoms with E-state index in [1.807, 2.05) is 0 Å². The van der Waals surface area contributed by atoms with Gasteiger partial charge in [0.05, 0.1) is 0 Å². The number of furan rings is 1. The molecule has 12 aromatic carbocycles. The van der Waals surface area contributed by atoms with Crippen LogP contribution in [0.5, 0.6) is 0 Å². The van der Waals surface area contributed by atoms with E-state index in [0.29, 0.717) is 0 Å². The van der Waals surface area contributed by atoms with Crippen LogP contribution in [0.1, 0.15) is 0 Å². The van der Waals surface area contributed by atoms with Crippen LogP contribution in [0.15, 0.2) is 223 Å². The quantitative estimate of drug-likeness (QED) is 0.127. The fraction of sp³-hybridized carbons (Fsp3) is 0. The third kappa shape index (κ3) is 5.19. The van der Waals surface area contributed by atoms with Crippen LogP contribution in [0.3, 0.4) is 0 Å². The Labute approximate surface area is 374 Å². The fourth-order valence-electron chi connectivity index (χ4n) is 11.0. The molecule has 296 valence electrons. The Morgan fingerprint density at radius 1 is 0.266 bits per heavy atom. The number of hydrogen-bond acceptors (Lipinski definition) is 1. The van der Waals surface area contributed by atoms with Crippen molar-refractivity contribution in [3.8, 4) is 44.5 Å². The molecule has 0 aliphatic rings. The van der Waals surface area contributed by atoms with Gasteiger partial charge in [-0.1, -0.05) is 30.3 Å². The van der Waals surface area contributed by atoms with E-state index in [0.717, 1.165) is 16.6 Å². The Morgan fingerprint density at radius 3 is 1.39 bits per heavy atom. The van der Waals surface area contributed by atoms with Gasteiger partial charge < -0.3 is 0 Å². The van der Waals surface area contributed by atoms with Crippen molar-refractivity contribution in [3.63, 3.8) is 0 Å². The number of rotatable bonds is 4. The molecular weight excluding hydrogens is 840 g/mol. The van der Waals surface area contributed by atoms with E-state index in [-0.39, 0.29) is 14.5 Å². The zero-order valence-electron chi connectivity index (χ0n) is 34.6. The Bertz CT molecular complexity index is 4130. The van der Waals surface area contributed by atoms with Gasteiger partial charge in [0, 0.05) is 0 Å². The van der Waals surface area contributed by atoms with E-state index < -0.39 is 0 Å². The van der Waals surface area contributed by atoms with Crippen LogP contribution in [0, 0.1) is 0 Å². The van der Waals surface area contributed by atoms with Crippen LogP contribution in [0.25, 0.3) is 140 Å². The average molecular weight is 876 g/mol. The molecule has 0 spiro atoms. The van der Waals surface area contributed by atoms with Crippen molar-refractivity contribution in [1.29, 1.82) is 0 Å². The molecule has 0 radical (unpaired) electrons. The third-order valence-corrected chi connectivity index (χ3v) is 16.0. The first kappa shape index (κ1) is 35.8. The first-order valence-corrected chi connectivity index (χ1v) is 23.7. The molecule has 0 aliphatic heterocycles. The maximum absolute atomic E-state index is 6.46. The molecule has 2 heteroatoms. The summed E-state index contributed by atoms with van der Waals surface area (Å²) in [6.45, 7) is 0. The van der Waals surface area contributed by atoms with Crippen molar-refractivity contribution < 1.29 is 4.42 Å². The van der Waals surface area contributed by atoms with E-state index in [4.69, 9.17) is 4.42 Å². The molecule has 0 aliphatic carbocycles. The monoisotopic (exact) mass is 876 g/mol. The molecule has 0 N–H and O–H groups in total. The van der Waals surface area contributed by atoms with Gasteiger partial charge in [-0.2, -0.15) is 0 Å². The molecule has 64 heavy (non-hydrogen) atoms. The third-order valence-electron chi connectivity index (χ3n) is 13.6. The molecular formula is C62H36OSe. The van der Waals surface area contributed by atoms with Crippen LogP contribution >= 0.6 is 0 Å². The standard InChI is InChI=1S/C62H36OSe/c1-2-16-38(17-3-1)57-46-23-10-12-25-48(46)60(49-26-13-11-24-47(49)57)51-27-14-28-55-62(51)50-32-29-40(36-56(50)64-55)59-44-21-8-6-19-42(44)58(43-20-7-9-22-45(43)59)39-31-33-53-52(35-39)61-41-18-5-4-15-37(41)30-34-54(61)63-53/h1-36H.